The van der Waals surface area contributed by atoms with Crippen LogP contribution in [0.3, 0.4) is 0 Å². The van der Waals surface area contributed by atoms with E-state index in [1.54, 1.807) is 11.3 Å². The van der Waals surface area contributed by atoms with Crippen molar-refractivity contribution < 1.29 is 0 Å². The Hall–Kier alpha value is -1.35. The number of benzene rings is 1. The number of thiazole rings is 1. The molecule has 0 aliphatic carbocycles. The van der Waals surface area contributed by atoms with Gasteiger partial charge in [0.25, 0.3) is 0 Å². The Kier molecular flexibility index (Phi) is 8.15. The number of hydrogen-bond donors (Lipinski definition) is 2. The molecule has 0 saturated carbocycles. The second-order valence-electron chi connectivity index (χ2n) is 6.47. The summed E-state index contributed by atoms with van der Waals surface area (Å²) in [6.45, 7) is 9.86. The Bertz CT molecular complexity index is 713. The van der Waals surface area contributed by atoms with Crippen molar-refractivity contribution in [2.45, 2.75) is 39.8 Å². The predicted octanol–water partition coefficient (Wildman–Crippen LogP) is 3.71. The lowest BCUT2D eigenvalue weighted by molar-refractivity contribution is 0.649. The molecule has 142 valence electrons. The van der Waals surface area contributed by atoms with Crippen LogP contribution in [0.15, 0.2) is 35.5 Å². The molecule has 0 radical (unpaired) electrons. The topological polar surface area (TPSA) is 52.6 Å². The van der Waals surface area contributed by atoms with Crippen LogP contribution in [0.5, 0.6) is 0 Å². The predicted molar refractivity (Wildman–Crippen MR) is 122 cm³/mol. The molecule has 2 aromatic rings. The SMILES string of the molecule is CCNC(=NCc1ncc(C)s1)NC1CCN(c2ccc(C)cc2)C1.I. The molecule has 0 bridgehead atoms. The van der Waals surface area contributed by atoms with E-state index in [4.69, 9.17) is 4.99 Å². The zero-order chi connectivity index (χ0) is 17.6. The van der Waals surface area contributed by atoms with Crippen LogP contribution < -0.4 is 15.5 Å². The van der Waals surface area contributed by atoms with Gasteiger partial charge < -0.3 is 15.5 Å². The first-order valence-electron chi connectivity index (χ1n) is 8.92. The molecule has 7 heteroatoms. The van der Waals surface area contributed by atoms with E-state index in [-0.39, 0.29) is 24.0 Å². The minimum Gasteiger partial charge on any atom is -0.369 e. The van der Waals surface area contributed by atoms with E-state index >= 15 is 0 Å². The highest BCUT2D eigenvalue weighted by atomic mass is 127. The van der Waals surface area contributed by atoms with Gasteiger partial charge in [0.15, 0.2) is 5.96 Å². The molecule has 1 aliphatic rings. The van der Waals surface area contributed by atoms with Crippen LogP contribution in [0, 0.1) is 13.8 Å². The average molecular weight is 485 g/mol. The molecular formula is C19H28IN5S. The Morgan fingerprint density at radius 2 is 2.08 bits per heavy atom. The highest BCUT2D eigenvalue weighted by Gasteiger charge is 2.23. The molecule has 0 spiro atoms. The molecule has 1 atom stereocenters. The van der Waals surface area contributed by atoms with Gasteiger partial charge in [-0.15, -0.1) is 35.3 Å². The summed E-state index contributed by atoms with van der Waals surface area (Å²) in [5.41, 5.74) is 2.60. The largest absolute Gasteiger partial charge is 0.369 e. The van der Waals surface area contributed by atoms with Gasteiger partial charge in [-0.1, -0.05) is 17.7 Å². The molecule has 1 aliphatic heterocycles. The quantitative estimate of drug-likeness (QED) is 0.385. The number of aromatic nitrogens is 1. The van der Waals surface area contributed by atoms with Gasteiger partial charge >= 0.3 is 0 Å². The zero-order valence-electron chi connectivity index (χ0n) is 15.7. The van der Waals surface area contributed by atoms with Crippen molar-refractivity contribution in [3.8, 4) is 0 Å². The van der Waals surface area contributed by atoms with Crippen molar-refractivity contribution in [3.05, 3.63) is 45.9 Å². The summed E-state index contributed by atoms with van der Waals surface area (Å²) in [5.74, 6) is 0.881. The molecule has 1 fully saturated rings. The fourth-order valence-electron chi connectivity index (χ4n) is 3.00. The van der Waals surface area contributed by atoms with E-state index in [1.807, 2.05) is 6.20 Å². The summed E-state index contributed by atoms with van der Waals surface area (Å²) in [5, 5.41) is 7.98. The Morgan fingerprint density at radius 1 is 1.31 bits per heavy atom. The average Bonchev–Trinajstić information content (AvgIpc) is 3.23. The second-order valence-corrected chi connectivity index (χ2v) is 7.79. The van der Waals surface area contributed by atoms with Crippen LogP contribution in [0.1, 0.15) is 28.8 Å². The van der Waals surface area contributed by atoms with Gasteiger partial charge in [-0.2, -0.15) is 0 Å². The molecule has 1 saturated heterocycles. The molecule has 1 aromatic carbocycles. The lowest BCUT2D eigenvalue weighted by Gasteiger charge is -2.20. The molecule has 0 amide bonds. The molecule has 3 rings (SSSR count). The lowest BCUT2D eigenvalue weighted by Crippen LogP contribution is -2.44. The van der Waals surface area contributed by atoms with Crippen molar-refractivity contribution in [3.63, 3.8) is 0 Å². The second kappa shape index (κ2) is 10.1. The number of hydrogen-bond acceptors (Lipinski definition) is 4. The number of nitrogens with one attached hydrogen (secondary N) is 2. The maximum atomic E-state index is 4.69. The zero-order valence-corrected chi connectivity index (χ0v) is 18.8. The number of aryl methyl sites for hydroxylation is 2. The van der Waals surface area contributed by atoms with Crippen LogP contribution in [0.4, 0.5) is 5.69 Å². The standard InChI is InChI=1S/C19H27N5S.HI/c1-4-20-19(22-12-18-21-11-15(3)25-18)23-16-9-10-24(13-16)17-7-5-14(2)6-8-17;/h5-8,11,16H,4,9-10,12-13H2,1-3H3,(H2,20,22,23);1H. The van der Waals surface area contributed by atoms with Crippen LogP contribution in [0.2, 0.25) is 0 Å². The van der Waals surface area contributed by atoms with E-state index < -0.39 is 0 Å². The van der Waals surface area contributed by atoms with Gasteiger partial charge in [0.1, 0.15) is 5.01 Å². The van der Waals surface area contributed by atoms with E-state index in [2.05, 4.69) is 65.6 Å². The van der Waals surface area contributed by atoms with Crippen molar-refractivity contribution in [1.29, 1.82) is 0 Å². The highest BCUT2D eigenvalue weighted by Crippen LogP contribution is 2.20. The smallest absolute Gasteiger partial charge is 0.191 e. The molecule has 2 N–H and O–H groups in total. The Morgan fingerprint density at radius 3 is 2.73 bits per heavy atom. The number of halogens is 1. The number of anilines is 1. The molecule has 5 nitrogen and oxygen atoms in total. The molecular weight excluding hydrogens is 457 g/mol. The third-order valence-electron chi connectivity index (χ3n) is 4.31. The van der Waals surface area contributed by atoms with E-state index in [0.717, 1.165) is 37.0 Å². The van der Waals surface area contributed by atoms with Gasteiger partial charge in [0.2, 0.25) is 0 Å². The van der Waals surface area contributed by atoms with Gasteiger partial charge in [-0.3, -0.25) is 0 Å². The van der Waals surface area contributed by atoms with Crippen LogP contribution in [0.25, 0.3) is 0 Å². The number of aliphatic imine (C=N–C) groups is 1. The summed E-state index contributed by atoms with van der Waals surface area (Å²) in [4.78, 5) is 12.7. The van der Waals surface area contributed by atoms with Gasteiger partial charge in [-0.25, -0.2) is 9.98 Å². The summed E-state index contributed by atoms with van der Waals surface area (Å²) in [6.07, 6.45) is 3.03. The molecule has 1 unspecified atom stereocenters. The van der Waals surface area contributed by atoms with E-state index in [1.165, 1.54) is 16.1 Å². The summed E-state index contributed by atoms with van der Waals surface area (Å²) in [6, 6.07) is 9.19. The lowest BCUT2D eigenvalue weighted by atomic mass is 10.2. The summed E-state index contributed by atoms with van der Waals surface area (Å²) >= 11 is 1.71. The minimum atomic E-state index is 0. The van der Waals surface area contributed by atoms with E-state index in [9.17, 15) is 0 Å². The number of nitrogens with zero attached hydrogens (tertiary/aromatic N) is 3. The van der Waals surface area contributed by atoms with Crippen molar-refractivity contribution in [2.75, 3.05) is 24.5 Å². The van der Waals surface area contributed by atoms with Crippen LogP contribution in [-0.2, 0) is 6.54 Å². The first-order valence-corrected chi connectivity index (χ1v) is 9.73. The normalized spacial score (nSPS) is 17.1. The Labute approximate surface area is 177 Å². The third-order valence-corrected chi connectivity index (χ3v) is 5.21. The molecule has 26 heavy (non-hydrogen) atoms. The van der Waals surface area contributed by atoms with Crippen LogP contribution >= 0.6 is 35.3 Å². The summed E-state index contributed by atoms with van der Waals surface area (Å²) in [7, 11) is 0. The van der Waals surface area contributed by atoms with Crippen molar-refractivity contribution in [2.24, 2.45) is 4.99 Å². The van der Waals surface area contributed by atoms with E-state index in [0.29, 0.717) is 12.6 Å². The monoisotopic (exact) mass is 485 g/mol. The van der Waals surface area contributed by atoms with Crippen LogP contribution in [-0.4, -0.2) is 36.6 Å². The Balaban J connectivity index is 0.00000243. The highest BCUT2D eigenvalue weighted by molar-refractivity contribution is 14.0. The summed E-state index contributed by atoms with van der Waals surface area (Å²) < 4.78 is 0. The maximum absolute atomic E-state index is 4.69. The first-order chi connectivity index (χ1) is 12.1. The fourth-order valence-corrected chi connectivity index (χ4v) is 3.71. The van der Waals surface area contributed by atoms with Gasteiger partial charge in [0.05, 0.1) is 6.54 Å². The van der Waals surface area contributed by atoms with Gasteiger partial charge in [-0.05, 0) is 39.3 Å². The molecule has 1 aromatic heterocycles. The fraction of sp³-hybridized carbons (Fsp3) is 0.474. The minimum absolute atomic E-state index is 0. The number of rotatable bonds is 5. The maximum Gasteiger partial charge on any atom is 0.191 e. The first kappa shape index (κ1) is 21.0. The third kappa shape index (κ3) is 5.84. The number of guanidine groups is 1. The molecule has 2 heterocycles. The van der Waals surface area contributed by atoms with Gasteiger partial charge in [0, 0.05) is 42.4 Å². The van der Waals surface area contributed by atoms with Crippen molar-refractivity contribution >= 4 is 47.0 Å². The van der Waals surface area contributed by atoms with Crippen molar-refractivity contribution in [1.82, 2.24) is 15.6 Å².